The molecule has 0 unspecified atom stereocenters. The van der Waals surface area contributed by atoms with Gasteiger partial charge in [0.25, 0.3) is 0 Å². The molecule has 1 saturated heterocycles. The summed E-state index contributed by atoms with van der Waals surface area (Å²) in [7, 11) is 0. The number of hydrogen-bond donors (Lipinski definition) is 1. The van der Waals surface area contributed by atoms with E-state index in [2.05, 4.69) is 46.4 Å². The van der Waals surface area contributed by atoms with Crippen LogP contribution in [-0.2, 0) is 35.3 Å². The summed E-state index contributed by atoms with van der Waals surface area (Å²) in [5, 5.41) is 3.10. The third-order valence-corrected chi connectivity index (χ3v) is 5.70. The van der Waals surface area contributed by atoms with Crippen LogP contribution < -0.4 is 10.2 Å². The molecule has 1 aromatic heterocycles. The minimum Gasteiger partial charge on any atom is -0.378 e. The van der Waals surface area contributed by atoms with Crippen molar-refractivity contribution in [1.29, 1.82) is 0 Å². The number of aromatic nitrogens is 2. The van der Waals surface area contributed by atoms with Crippen LogP contribution in [0.1, 0.15) is 35.7 Å². The summed E-state index contributed by atoms with van der Waals surface area (Å²) in [5.41, 5.74) is 4.65. The first-order valence-corrected chi connectivity index (χ1v) is 10.3. The highest BCUT2D eigenvalue weighted by molar-refractivity contribution is 5.79. The highest BCUT2D eigenvalue weighted by atomic mass is 16.5. The van der Waals surface area contributed by atoms with Crippen LogP contribution in [0.5, 0.6) is 0 Å². The second kappa shape index (κ2) is 8.69. The zero-order valence-corrected chi connectivity index (χ0v) is 16.5. The second-order valence-electron chi connectivity index (χ2n) is 7.57. The number of hydrogen-bond acceptors (Lipinski definition) is 5. The maximum absolute atomic E-state index is 12.6. The molecule has 0 spiro atoms. The molecule has 28 heavy (non-hydrogen) atoms. The quantitative estimate of drug-likeness (QED) is 0.862. The predicted octanol–water partition coefficient (Wildman–Crippen LogP) is 2.30. The SMILES string of the molecule is CCc1ccc(CNC(=O)[C@@H]2CCc3nc(N4CCOCC4)ncc3C2)cc1. The lowest BCUT2D eigenvalue weighted by Crippen LogP contribution is -2.38. The van der Waals surface area contributed by atoms with Crippen LogP contribution >= 0.6 is 0 Å². The van der Waals surface area contributed by atoms with Gasteiger partial charge in [-0.3, -0.25) is 4.79 Å². The van der Waals surface area contributed by atoms with E-state index in [4.69, 9.17) is 9.72 Å². The Labute approximate surface area is 166 Å². The van der Waals surface area contributed by atoms with Crippen molar-refractivity contribution in [3.8, 4) is 0 Å². The maximum Gasteiger partial charge on any atom is 0.225 e. The molecule has 0 saturated carbocycles. The summed E-state index contributed by atoms with van der Waals surface area (Å²) >= 11 is 0. The van der Waals surface area contributed by atoms with Crippen molar-refractivity contribution in [2.75, 3.05) is 31.2 Å². The molecule has 1 atom stereocenters. The molecule has 0 radical (unpaired) electrons. The van der Waals surface area contributed by atoms with Crippen LogP contribution in [0.3, 0.4) is 0 Å². The summed E-state index contributed by atoms with van der Waals surface area (Å²) in [6, 6.07) is 8.44. The van der Waals surface area contributed by atoms with Crippen molar-refractivity contribution in [3.05, 3.63) is 52.8 Å². The fraction of sp³-hybridized carbons (Fsp3) is 0.500. The maximum atomic E-state index is 12.6. The number of nitrogens with one attached hydrogen (secondary N) is 1. The van der Waals surface area contributed by atoms with E-state index in [9.17, 15) is 4.79 Å². The fourth-order valence-electron chi connectivity index (χ4n) is 3.86. The van der Waals surface area contributed by atoms with Crippen molar-refractivity contribution in [2.24, 2.45) is 5.92 Å². The van der Waals surface area contributed by atoms with E-state index < -0.39 is 0 Å². The van der Waals surface area contributed by atoms with E-state index in [1.165, 1.54) is 5.56 Å². The van der Waals surface area contributed by atoms with Gasteiger partial charge in [-0.25, -0.2) is 9.97 Å². The Morgan fingerprint density at radius 3 is 2.71 bits per heavy atom. The number of ether oxygens (including phenoxy) is 1. The van der Waals surface area contributed by atoms with Crippen LogP contribution in [-0.4, -0.2) is 42.2 Å². The highest BCUT2D eigenvalue weighted by Gasteiger charge is 2.26. The molecule has 1 aliphatic heterocycles. The molecule has 1 fully saturated rings. The lowest BCUT2D eigenvalue weighted by atomic mass is 9.86. The average Bonchev–Trinajstić information content (AvgIpc) is 2.77. The number of anilines is 1. The standard InChI is InChI=1S/C22H28N4O2/c1-2-16-3-5-17(6-4-16)14-23-21(27)18-7-8-20-19(13-18)15-24-22(25-20)26-9-11-28-12-10-26/h3-6,15,18H,2,7-14H2,1H3,(H,23,27)/t18-/m1/s1. The third kappa shape index (κ3) is 4.33. The van der Waals surface area contributed by atoms with Gasteiger partial charge in [-0.15, -0.1) is 0 Å². The topological polar surface area (TPSA) is 67.4 Å². The van der Waals surface area contributed by atoms with Crippen LogP contribution in [0, 0.1) is 5.92 Å². The number of nitrogens with zero attached hydrogens (tertiary/aromatic N) is 3. The minimum atomic E-state index is 0.000233. The van der Waals surface area contributed by atoms with Gasteiger partial charge in [0, 0.05) is 37.4 Å². The average molecular weight is 380 g/mol. The van der Waals surface area contributed by atoms with Gasteiger partial charge < -0.3 is 15.0 Å². The van der Waals surface area contributed by atoms with Gasteiger partial charge in [0.1, 0.15) is 0 Å². The highest BCUT2D eigenvalue weighted by Crippen LogP contribution is 2.25. The van der Waals surface area contributed by atoms with E-state index in [1.807, 2.05) is 6.20 Å². The monoisotopic (exact) mass is 380 g/mol. The minimum absolute atomic E-state index is 0.000233. The third-order valence-electron chi connectivity index (χ3n) is 5.70. The molecule has 1 N–H and O–H groups in total. The van der Waals surface area contributed by atoms with Gasteiger partial charge in [-0.2, -0.15) is 0 Å². The molecule has 2 heterocycles. The van der Waals surface area contributed by atoms with Crippen LogP contribution in [0.25, 0.3) is 0 Å². The summed E-state index contributed by atoms with van der Waals surface area (Å²) in [6.45, 7) is 5.85. The Balaban J connectivity index is 1.34. The number of rotatable bonds is 5. The summed E-state index contributed by atoms with van der Waals surface area (Å²) in [5.74, 6) is 0.920. The van der Waals surface area contributed by atoms with Gasteiger partial charge in [-0.05, 0) is 42.4 Å². The first kappa shape index (κ1) is 18.9. The normalized spacial score (nSPS) is 19.2. The Kier molecular flexibility index (Phi) is 5.86. The molecule has 4 rings (SSSR count). The molecule has 1 amide bonds. The zero-order valence-electron chi connectivity index (χ0n) is 16.5. The fourth-order valence-corrected chi connectivity index (χ4v) is 3.86. The predicted molar refractivity (Wildman–Crippen MR) is 108 cm³/mol. The molecule has 6 heteroatoms. The second-order valence-corrected chi connectivity index (χ2v) is 7.57. The van der Waals surface area contributed by atoms with E-state index in [1.54, 1.807) is 0 Å². The molecule has 6 nitrogen and oxygen atoms in total. The molecular formula is C22H28N4O2. The summed E-state index contributed by atoms with van der Waals surface area (Å²) < 4.78 is 5.40. The Bertz CT molecular complexity index is 816. The van der Waals surface area contributed by atoms with Crippen molar-refractivity contribution in [1.82, 2.24) is 15.3 Å². The van der Waals surface area contributed by atoms with Crippen LogP contribution in [0.2, 0.25) is 0 Å². The van der Waals surface area contributed by atoms with E-state index in [0.29, 0.717) is 6.54 Å². The summed E-state index contributed by atoms with van der Waals surface area (Å²) in [4.78, 5) is 24.1. The van der Waals surface area contributed by atoms with Gasteiger partial charge in [0.05, 0.1) is 13.2 Å². The number of benzene rings is 1. The lowest BCUT2D eigenvalue weighted by Gasteiger charge is -2.28. The van der Waals surface area contributed by atoms with Gasteiger partial charge in [-0.1, -0.05) is 31.2 Å². The molecule has 2 aromatic rings. The number of carbonyl (C=O) groups excluding carboxylic acids is 1. The molecule has 1 aromatic carbocycles. The Hall–Kier alpha value is -2.47. The van der Waals surface area contributed by atoms with Crippen LogP contribution in [0.4, 0.5) is 5.95 Å². The Morgan fingerprint density at radius 1 is 1.21 bits per heavy atom. The van der Waals surface area contributed by atoms with Crippen LogP contribution in [0.15, 0.2) is 30.5 Å². The molecule has 1 aliphatic carbocycles. The van der Waals surface area contributed by atoms with E-state index in [-0.39, 0.29) is 11.8 Å². The van der Waals surface area contributed by atoms with E-state index >= 15 is 0 Å². The number of fused-ring (bicyclic) bond motifs is 1. The van der Waals surface area contributed by atoms with Crippen molar-refractivity contribution >= 4 is 11.9 Å². The Morgan fingerprint density at radius 2 is 1.96 bits per heavy atom. The number of aryl methyl sites for hydroxylation is 2. The summed E-state index contributed by atoms with van der Waals surface area (Å²) in [6.07, 6.45) is 5.34. The number of morpholine rings is 1. The largest absolute Gasteiger partial charge is 0.378 e. The first-order chi connectivity index (χ1) is 13.7. The smallest absolute Gasteiger partial charge is 0.225 e. The van der Waals surface area contributed by atoms with Crippen molar-refractivity contribution in [3.63, 3.8) is 0 Å². The zero-order chi connectivity index (χ0) is 19.3. The molecule has 148 valence electrons. The lowest BCUT2D eigenvalue weighted by molar-refractivity contribution is -0.125. The van der Waals surface area contributed by atoms with Crippen molar-refractivity contribution < 1.29 is 9.53 Å². The van der Waals surface area contributed by atoms with Gasteiger partial charge >= 0.3 is 0 Å². The molecule has 2 aliphatic rings. The van der Waals surface area contributed by atoms with Crippen molar-refractivity contribution in [2.45, 2.75) is 39.2 Å². The number of carbonyl (C=O) groups is 1. The van der Waals surface area contributed by atoms with E-state index in [0.717, 1.165) is 74.8 Å². The van der Waals surface area contributed by atoms with Gasteiger partial charge in [0.15, 0.2) is 0 Å². The first-order valence-electron chi connectivity index (χ1n) is 10.3. The number of amides is 1. The van der Waals surface area contributed by atoms with Gasteiger partial charge in [0.2, 0.25) is 11.9 Å². The molecule has 0 bridgehead atoms. The molecular weight excluding hydrogens is 352 g/mol.